The number of guanidine groups is 1. The zero-order valence-electron chi connectivity index (χ0n) is 9.47. The molecule has 0 fully saturated rings. The average molecular weight is 335 g/mol. The molecule has 4 nitrogen and oxygen atoms in total. The SMILES string of the molecule is CC(C)(O)CN=C(N)Nc1ccccc1.I. The van der Waals surface area contributed by atoms with E-state index in [4.69, 9.17) is 5.73 Å². The molecule has 0 radical (unpaired) electrons. The molecule has 0 aromatic heterocycles. The van der Waals surface area contributed by atoms with Gasteiger partial charge >= 0.3 is 0 Å². The first kappa shape index (κ1) is 15.2. The van der Waals surface area contributed by atoms with Crippen LogP contribution in [0.2, 0.25) is 0 Å². The molecule has 0 aliphatic rings. The highest BCUT2D eigenvalue weighted by molar-refractivity contribution is 14.0. The van der Waals surface area contributed by atoms with Crippen molar-refractivity contribution in [2.24, 2.45) is 10.7 Å². The van der Waals surface area contributed by atoms with Gasteiger partial charge in [-0.2, -0.15) is 0 Å². The summed E-state index contributed by atoms with van der Waals surface area (Å²) in [6, 6.07) is 9.53. The zero-order chi connectivity index (χ0) is 11.3. The maximum Gasteiger partial charge on any atom is 0.193 e. The highest BCUT2D eigenvalue weighted by Crippen LogP contribution is 2.05. The van der Waals surface area contributed by atoms with Gasteiger partial charge in [0.2, 0.25) is 0 Å². The van der Waals surface area contributed by atoms with Crippen molar-refractivity contribution in [3.63, 3.8) is 0 Å². The summed E-state index contributed by atoms with van der Waals surface area (Å²) < 4.78 is 0. The molecule has 90 valence electrons. The minimum atomic E-state index is -0.830. The fourth-order valence-electron chi connectivity index (χ4n) is 0.988. The van der Waals surface area contributed by atoms with Crippen LogP contribution in [0, 0.1) is 0 Å². The number of nitrogens with two attached hydrogens (primary N) is 1. The van der Waals surface area contributed by atoms with E-state index in [0.717, 1.165) is 5.69 Å². The second-order valence-electron chi connectivity index (χ2n) is 4.00. The van der Waals surface area contributed by atoms with E-state index in [2.05, 4.69) is 10.3 Å². The van der Waals surface area contributed by atoms with Crippen molar-refractivity contribution >= 4 is 35.6 Å². The van der Waals surface area contributed by atoms with Gasteiger partial charge < -0.3 is 16.2 Å². The predicted molar refractivity (Wildman–Crippen MR) is 78.3 cm³/mol. The largest absolute Gasteiger partial charge is 0.389 e. The quantitative estimate of drug-likeness (QED) is 0.448. The summed E-state index contributed by atoms with van der Waals surface area (Å²) in [5.41, 5.74) is 5.69. The third-order valence-corrected chi connectivity index (χ3v) is 1.68. The van der Waals surface area contributed by atoms with Crippen LogP contribution in [0.1, 0.15) is 13.8 Å². The van der Waals surface area contributed by atoms with Gasteiger partial charge in [-0.15, -0.1) is 24.0 Å². The Labute approximate surface area is 113 Å². The molecule has 0 aliphatic heterocycles. The van der Waals surface area contributed by atoms with Gasteiger partial charge in [-0.05, 0) is 26.0 Å². The number of hydrogen-bond donors (Lipinski definition) is 3. The van der Waals surface area contributed by atoms with Crippen molar-refractivity contribution in [1.29, 1.82) is 0 Å². The predicted octanol–water partition coefficient (Wildman–Crippen LogP) is 1.80. The molecule has 0 spiro atoms. The number of rotatable bonds is 3. The first-order chi connectivity index (χ1) is 6.97. The third kappa shape index (κ3) is 6.62. The van der Waals surface area contributed by atoms with Crippen LogP contribution in [-0.2, 0) is 0 Å². The van der Waals surface area contributed by atoms with Crippen LogP contribution in [0.3, 0.4) is 0 Å². The van der Waals surface area contributed by atoms with E-state index in [0.29, 0.717) is 5.96 Å². The van der Waals surface area contributed by atoms with Crippen molar-refractivity contribution in [2.75, 3.05) is 11.9 Å². The molecule has 1 rings (SSSR count). The number of nitrogens with zero attached hydrogens (tertiary/aromatic N) is 1. The van der Waals surface area contributed by atoms with Crippen molar-refractivity contribution in [3.05, 3.63) is 30.3 Å². The van der Waals surface area contributed by atoms with Gasteiger partial charge in [0.25, 0.3) is 0 Å². The first-order valence-corrected chi connectivity index (χ1v) is 4.82. The summed E-state index contributed by atoms with van der Waals surface area (Å²) in [7, 11) is 0. The van der Waals surface area contributed by atoms with Gasteiger partial charge in [0.15, 0.2) is 5.96 Å². The number of aliphatic hydroxyl groups is 1. The Hall–Kier alpha value is -0.820. The van der Waals surface area contributed by atoms with Gasteiger partial charge in [-0.1, -0.05) is 18.2 Å². The number of benzene rings is 1. The monoisotopic (exact) mass is 335 g/mol. The smallest absolute Gasteiger partial charge is 0.193 e. The molecular weight excluding hydrogens is 317 g/mol. The number of anilines is 1. The lowest BCUT2D eigenvalue weighted by molar-refractivity contribution is 0.0904. The zero-order valence-corrected chi connectivity index (χ0v) is 11.8. The van der Waals surface area contributed by atoms with Crippen LogP contribution in [0.5, 0.6) is 0 Å². The summed E-state index contributed by atoms with van der Waals surface area (Å²) >= 11 is 0. The summed E-state index contributed by atoms with van der Waals surface area (Å²) in [6.45, 7) is 3.65. The Kier molecular flexibility index (Phi) is 6.35. The molecule has 16 heavy (non-hydrogen) atoms. The van der Waals surface area contributed by atoms with Crippen molar-refractivity contribution in [3.8, 4) is 0 Å². The minimum absolute atomic E-state index is 0. The number of para-hydroxylation sites is 1. The lowest BCUT2D eigenvalue weighted by Gasteiger charge is -2.14. The summed E-state index contributed by atoms with van der Waals surface area (Å²) in [5.74, 6) is 0.309. The lowest BCUT2D eigenvalue weighted by Crippen LogP contribution is -2.28. The van der Waals surface area contributed by atoms with E-state index >= 15 is 0 Å². The van der Waals surface area contributed by atoms with Gasteiger partial charge in [0, 0.05) is 5.69 Å². The minimum Gasteiger partial charge on any atom is -0.389 e. The van der Waals surface area contributed by atoms with Gasteiger partial charge in [-0.3, -0.25) is 4.99 Å². The molecule has 5 heteroatoms. The maximum absolute atomic E-state index is 9.44. The van der Waals surface area contributed by atoms with Crippen molar-refractivity contribution in [1.82, 2.24) is 0 Å². The van der Waals surface area contributed by atoms with E-state index in [1.807, 2.05) is 30.3 Å². The Bertz CT molecular complexity index is 333. The van der Waals surface area contributed by atoms with Crippen molar-refractivity contribution < 1.29 is 5.11 Å². The van der Waals surface area contributed by atoms with Crippen LogP contribution in [0.15, 0.2) is 35.3 Å². The fourth-order valence-corrected chi connectivity index (χ4v) is 0.988. The summed E-state index contributed by atoms with van der Waals surface area (Å²) in [6.07, 6.45) is 0. The standard InChI is InChI=1S/C11H17N3O.HI/c1-11(2,15)8-13-10(12)14-9-6-4-3-5-7-9;/h3-7,15H,8H2,1-2H3,(H3,12,13,14);1H. The van der Waals surface area contributed by atoms with E-state index in [1.165, 1.54) is 0 Å². The normalized spacial score (nSPS) is 11.8. The summed E-state index contributed by atoms with van der Waals surface area (Å²) in [5, 5.41) is 12.4. The fraction of sp³-hybridized carbons (Fsp3) is 0.364. The van der Waals surface area contributed by atoms with Crippen LogP contribution < -0.4 is 11.1 Å². The molecule has 0 atom stereocenters. The molecule has 1 aromatic carbocycles. The molecule has 4 N–H and O–H groups in total. The molecule has 0 bridgehead atoms. The van der Waals surface area contributed by atoms with E-state index < -0.39 is 5.60 Å². The highest BCUT2D eigenvalue weighted by atomic mass is 127. The van der Waals surface area contributed by atoms with Gasteiger partial charge in [-0.25, -0.2) is 0 Å². The lowest BCUT2D eigenvalue weighted by atomic mass is 10.1. The van der Waals surface area contributed by atoms with E-state index in [1.54, 1.807) is 13.8 Å². The van der Waals surface area contributed by atoms with E-state index in [9.17, 15) is 5.11 Å². The second kappa shape index (κ2) is 6.70. The molecule has 0 aliphatic carbocycles. The van der Waals surface area contributed by atoms with Crippen LogP contribution >= 0.6 is 24.0 Å². The average Bonchev–Trinajstić information content (AvgIpc) is 2.15. The molecule has 0 saturated carbocycles. The molecule has 0 saturated heterocycles. The number of nitrogens with one attached hydrogen (secondary N) is 1. The Morgan fingerprint density at radius 2 is 1.94 bits per heavy atom. The second-order valence-corrected chi connectivity index (χ2v) is 4.00. The molecular formula is C11H18IN3O. The van der Waals surface area contributed by atoms with Crippen LogP contribution in [-0.4, -0.2) is 23.2 Å². The molecule has 0 amide bonds. The maximum atomic E-state index is 9.44. The molecule has 1 aromatic rings. The van der Waals surface area contributed by atoms with Crippen molar-refractivity contribution in [2.45, 2.75) is 19.4 Å². The molecule has 0 unspecified atom stereocenters. The van der Waals surface area contributed by atoms with Gasteiger partial charge in [0.1, 0.15) is 0 Å². The van der Waals surface area contributed by atoms with Gasteiger partial charge in [0.05, 0.1) is 12.1 Å². The number of hydrogen-bond acceptors (Lipinski definition) is 2. The number of halogens is 1. The Morgan fingerprint density at radius 1 is 1.38 bits per heavy atom. The third-order valence-electron chi connectivity index (χ3n) is 1.68. The highest BCUT2D eigenvalue weighted by Gasteiger charge is 2.10. The first-order valence-electron chi connectivity index (χ1n) is 4.82. The molecule has 0 heterocycles. The van der Waals surface area contributed by atoms with Crippen LogP contribution in [0.4, 0.5) is 5.69 Å². The van der Waals surface area contributed by atoms with Crippen LogP contribution in [0.25, 0.3) is 0 Å². The summed E-state index contributed by atoms with van der Waals surface area (Å²) in [4.78, 5) is 4.02. The Balaban J connectivity index is 0.00000225. The topological polar surface area (TPSA) is 70.6 Å². The number of aliphatic imine (C=N–C) groups is 1. The van der Waals surface area contributed by atoms with E-state index in [-0.39, 0.29) is 30.5 Å². The Morgan fingerprint density at radius 3 is 2.44 bits per heavy atom.